The van der Waals surface area contributed by atoms with Crippen molar-refractivity contribution in [3.05, 3.63) is 58.1 Å². The maximum absolute atomic E-state index is 12.9. The predicted molar refractivity (Wildman–Crippen MR) is 88.5 cm³/mol. The van der Waals surface area contributed by atoms with Crippen LogP contribution in [0, 0.1) is 0 Å². The first-order valence-electron chi connectivity index (χ1n) is 7.38. The zero-order chi connectivity index (χ0) is 17.8. The number of carboxylic acids is 1. The van der Waals surface area contributed by atoms with Crippen LogP contribution >= 0.6 is 0 Å². The number of H-pyrrole nitrogens is 1. The Hall–Kier alpha value is -3.07. The smallest absolute Gasteiger partial charge is 0.417 e. The van der Waals surface area contributed by atoms with Crippen molar-refractivity contribution < 1.29 is 22.7 Å². The number of hydrogen-bond acceptors (Lipinski definition) is 5. The van der Waals surface area contributed by atoms with E-state index in [4.69, 9.17) is 9.52 Å². The highest BCUT2D eigenvalue weighted by Gasteiger charge is 2.31. The van der Waals surface area contributed by atoms with E-state index in [1.807, 2.05) is 0 Å². The SMILES string of the molecule is O=C(O)c1ccc2c(c1)CCN2S(=O)(=O)c1ccc2[nH]c(=O)oc2c1. The van der Waals surface area contributed by atoms with Gasteiger partial charge in [-0.25, -0.2) is 18.0 Å². The number of aromatic amines is 1. The first kappa shape index (κ1) is 15.5. The van der Waals surface area contributed by atoms with Crippen molar-refractivity contribution in [3.8, 4) is 0 Å². The fraction of sp³-hybridized carbons (Fsp3) is 0.125. The number of anilines is 1. The van der Waals surface area contributed by atoms with E-state index >= 15 is 0 Å². The average molecular weight is 360 g/mol. The van der Waals surface area contributed by atoms with Gasteiger partial charge in [0.05, 0.1) is 21.7 Å². The number of hydrogen-bond donors (Lipinski definition) is 2. The third-order valence-corrected chi connectivity index (χ3v) is 5.97. The molecule has 0 bridgehead atoms. The summed E-state index contributed by atoms with van der Waals surface area (Å²) < 4.78 is 32.0. The van der Waals surface area contributed by atoms with Gasteiger partial charge in [0.15, 0.2) is 5.58 Å². The number of carbonyl (C=O) groups is 1. The summed E-state index contributed by atoms with van der Waals surface area (Å²) in [4.78, 5) is 24.7. The average Bonchev–Trinajstić information content (AvgIpc) is 3.15. The molecule has 0 aliphatic carbocycles. The minimum absolute atomic E-state index is 0.00193. The Bertz CT molecular complexity index is 1170. The van der Waals surface area contributed by atoms with Crippen LogP contribution in [0.1, 0.15) is 15.9 Å². The van der Waals surface area contributed by atoms with Crippen molar-refractivity contribution >= 4 is 32.8 Å². The van der Waals surface area contributed by atoms with Crippen LogP contribution in [0.2, 0.25) is 0 Å². The molecule has 0 fully saturated rings. The lowest BCUT2D eigenvalue weighted by Gasteiger charge is -2.19. The van der Waals surface area contributed by atoms with Crippen LogP contribution in [0.3, 0.4) is 0 Å². The molecule has 0 saturated heterocycles. The summed E-state index contributed by atoms with van der Waals surface area (Å²) in [7, 11) is -3.86. The first-order chi connectivity index (χ1) is 11.9. The highest BCUT2D eigenvalue weighted by Crippen LogP contribution is 2.34. The number of oxazole rings is 1. The third kappa shape index (κ3) is 2.40. The summed E-state index contributed by atoms with van der Waals surface area (Å²) in [5.74, 6) is -1.71. The molecule has 0 spiro atoms. The Balaban J connectivity index is 1.79. The lowest BCUT2D eigenvalue weighted by molar-refractivity contribution is 0.0697. The highest BCUT2D eigenvalue weighted by molar-refractivity contribution is 7.92. The Morgan fingerprint density at radius 2 is 2.00 bits per heavy atom. The van der Waals surface area contributed by atoms with E-state index in [2.05, 4.69) is 4.98 Å². The van der Waals surface area contributed by atoms with Gasteiger partial charge in [-0.1, -0.05) is 0 Å². The Morgan fingerprint density at radius 1 is 1.20 bits per heavy atom. The van der Waals surface area contributed by atoms with Crippen LogP contribution in [-0.2, 0) is 16.4 Å². The monoisotopic (exact) mass is 360 g/mol. The molecule has 9 heteroatoms. The molecule has 8 nitrogen and oxygen atoms in total. The summed E-state index contributed by atoms with van der Waals surface area (Å²) in [6.45, 7) is 0.218. The lowest BCUT2D eigenvalue weighted by Crippen LogP contribution is -2.29. The quantitative estimate of drug-likeness (QED) is 0.731. The largest absolute Gasteiger partial charge is 0.478 e. The van der Waals surface area contributed by atoms with Crippen molar-refractivity contribution in [2.45, 2.75) is 11.3 Å². The van der Waals surface area contributed by atoms with Gasteiger partial charge in [0.1, 0.15) is 0 Å². The Kier molecular flexibility index (Phi) is 3.22. The van der Waals surface area contributed by atoms with E-state index in [1.165, 1.54) is 40.7 Å². The van der Waals surface area contributed by atoms with Gasteiger partial charge in [-0.3, -0.25) is 9.29 Å². The summed E-state index contributed by atoms with van der Waals surface area (Å²) >= 11 is 0. The Labute approximate surface area is 141 Å². The van der Waals surface area contributed by atoms with Crippen LogP contribution in [0.5, 0.6) is 0 Å². The van der Waals surface area contributed by atoms with Crippen LogP contribution in [-0.4, -0.2) is 31.0 Å². The lowest BCUT2D eigenvalue weighted by atomic mass is 10.1. The number of rotatable bonds is 3. The standard InChI is InChI=1S/C16H12N2O6S/c19-15(20)10-1-4-13-9(7-10)5-6-18(13)25(22,23)11-2-3-12-14(8-11)24-16(21)17-12/h1-4,7-8H,5-6H2,(H,17,21)(H,19,20). The molecule has 2 heterocycles. The molecule has 0 amide bonds. The molecular formula is C16H12N2O6S. The van der Waals surface area contributed by atoms with Gasteiger partial charge in [0.25, 0.3) is 10.0 Å². The number of nitrogens with one attached hydrogen (secondary N) is 1. The number of aromatic nitrogens is 1. The molecule has 4 rings (SSSR count). The zero-order valence-electron chi connectivity index (χ0n) is 12.7. The summed E-state index contributed by atoms with van der Waals surface area (Å²) in [6.07, 6.45) is 0.428. The van der Waals surface area contributed by atoms with Crippen molar-refractivity contribution in [2.75, 3.05) is 10.8 Å². The molecule has 1 aliphatic heterocycles. The Morgan fingerprint density at radius 3 is 2.76 bits per heavy atom. The molecule has 0 unspecified atom stereocenters. The molecule has 2 aromatic carbocycles. The number of fused-ring (bicyclic) bond motifs is 2. The van der Waals surface area contributed by atoms with E-state index in [9.17, 15) is 18.0 Å². The van der Waals surface area contributed by atoms with Crippen molar-refractivity contribution in [1.82, 2.24) is 4.98 Å². The molecule has 1 aromatic heterocycles. The molecule has 2 N–H and O–H groups in total. The topological polar surface area (TPSA) is 121 Å². The zero-order valence-corrected chi connectivity index (χ0v) is 13.5. The highest BCUT2D eigenvalue weighted by atomic mass is 32.2. The van der Waals surface area contributed by atoms with Crippen LogP contribution in [0.15, 0.2) is 50.5 Å². The van der Waals surface area contributed by atoms with Crippen LogP contribution in [0.25, 0.3) is 11.1 Å². The molecule has 0 atom stereocenters. The molecule has 128 valence electrons. The van der Waals surface area contributed by atoms with E-state index in [1.54, 1.807) is 0 Å². The molecule has 0 saturated carbocycles. The van der Waals surface area contributed by atoms with Gasteiger partial charge >= 0.3 is 11.7 Å². The number of carboxylic acid groups (broad SMARTS) is 1. The first-order valence-corrected chi connectivity index (χ1v) is 8.82. The van der Waals surface area contributed by atoms with E-state index in [0.29, 0.717) is 23.2 Å². The second-order valence-electron chi connectivity index (χ2n) is 5.65. The number of benzene rings is 2. The third-order valence-electron chi connectivity index (χ3n) is 4.16. The van der Waals surface area contributed by atoms with Gasteiger partial charge in [0.2, 0.25) is 0 Å². The van der Waals surface area contributed by atoms with E-state index < -0.39 is 21.7 Å². The van der Waals surface area contributed by atoms with Gasteiger partial charge in [-0.05, 0) is 42.3 Å². The van der Waals surface area contributed by atoms with Crippen molar-refractivity contribution in [3.63, 3.8) is 0 Å². The molecule has 1 aliphatic rings. The maximum Gasteiger partial charge on any atom is 0.417 e. The molecular weight excluding hydrogens is 348 g/mol. The van der Waals surface area contributed by atoms with Gasteiger partial charge in [-0.15, -0.1) is 0 Å². The summed E-state index contributed by atoms with van der Waals surface area (Å²) in [5, 5.41) is 9.05. The molecule has 0 radical (unpaired) electrons. The van der Waals surface area contributed by atoms with Crippen LogP contribution < -0.4 is 10.1 Å². The minimum atomic E-state index is -3.86. The summed E-state index contributed by atoms with van der Waals surface area (Å²) in [5.41, 5.74) is 1.82. The fourth-order valence-electron chi connectivity index (χ4n) is 2.97. The maximum atomic E-state index is 12.9. The second-order valence-corrected chi connectivity index (χ2v) is 7.51. The normalized spacial score (nSPS) is 14.0. The fourth-order valence-corrected chi connectivity index (χ4v) is 4.49. The molecule has 25 heavy (non-hydrogen) atoms. The summed E-state index contributed by atoms with van der Waals surface area (Å²) in [6, 6.07) is 8.53. The second kappa shape index (κ2) is 5.21. The van der Waals surface area contributed by atoms with Gasteiger partial charge in [-0.2, -0.15) is 0 Å². The molecule has 3 aromatic rings. The van der Waals surface area contributed by atoms with E-state index in [-0.39, 0.29) is 22.6 Å². The van der Waals surface area contributed by atoms with Crippen molar-refractivity contribution in [1.29, 1.82) is 0 Å². The van der Waals surface area contributed by atoms with Crippen molar-refractivity contribution in [2.24, 2.45) is 0 Å². The van der Waals surface area contributed by atoms with Gasteiger partial charge < -0.3 is 9.52 Å². The van der Waals surface area contributed by atoms with Crippen LogP contribution in [0.4, 0.5) is 5.69 Å². The van der Waals surface area contributed by atoms with Gasteiger partial charge in [0, 0.05) is 12.6 Å². The minimum Gasteiger partial charge on any atom is -0.478 e. The predicted octanol–water partition coefficient (Wildman–Crippen LogP) is 1.57. The van der Waals surface area contributed by atoms with E-state index in [0.717, 1.165) is 0 Å². The number of aromatic carboxylic acids is 1. The number of nitrogens with zero attached hydrogens (tertiary/aromatic N) is 1. The number of sulfonamides is 1.